The van der Waals surface area contributed by atoms with Crippen molar-refractivity contribution in [2.75, 3.05) is 19.6 Å². The smallest absolute Gasteiger partial charge is 0.0634 e. The summed E-state index contributed by atoms with van der Waals surface area (Å²) in [6.07, 6.45) is 5.93. The number of likely N-dealkylation sites (tertiary alicyclic amines) is 1. The Morgan fingerprint density at radius 2 is 2.19 bits per heavy atom. The number of aromatic nitrogens is 1. The Balaban J connectivity index is 1.89. The summed E-state index contributed by atoms with van der Waals surface area (Å²) in [6.45, 7) is 4.00. The zero-order valence-corrected chi connectivity index (χ0v) is 10.2. The third kappa shape index (κ3) is 2.94. The van der Waals surface area contributed by atoms with Crippen LogP contribution in [0.25, 0.3) is 0 Å². The van der Waals surface area contributed by atoms with Gasteiger partial charge in [0.15, 0.2) is 0 Å². The number of rotatable bonds is 3. The minimum atomic E-state index is 0.712. The van der Waals surface area contributed by atoms with E-state index in [-0.39, 0.29) is 0 Å². The van der Waals surface area contributed by atoms with Gasteiger partial charge in [0.25, 0.3) is 0 Å². The van der Waals surface area contributed by atoms with Crippen LogP contribution in [0.15, 0.2) is 18.5 Å². The van der Waals surface area contributed by atoms with Gasteiger partial charge in [0.2, 0.25) is 0 Å². The second-order valence-corrected chi connectivity index (χ2v) is 4.83. The number of halogens is 1. The van der Waals surface area contributed by atoms with Crippen molar-refractivity contribution < 1.29 is 0 Å². The maximum Gasteiger partial charge on any atom is 0.0634 e. The highest BCUT2D eigenvalue weighted by Gasteiger charge is 2.18. The number of nitrogens with two attached hydrogens (primary N) is 1. The molecule has 16 heavy (non-hydrogen) atoms. The van der Waals surface area contributed by atoms with E-state index in [9.17, 15) is 0 Å². The van der Waals surface area contributed by atoms with Crippen LogP contribution in [-0.4, -0.2) is 29.5 Å². The maximum atomic E-state index is 6.09. The van der Waals surface area contributed by atoms with Gasteiger partial charge in [0, 0.05) is 18.9 Å². The molecule has 3 nitrogen and oxygen atoms in total. The standard InChI is InChI=1S/C12H18ClN3/c13-12-8-15-4-1-11(12)9-16-5-2-10(7-14)3-6-16/h1,4,8,10H,2-3,5-7,9,14H2. The fourth-order valence-electron chi connectivity index (χ4n) is 2.15. The fraction of sp³-hybridized carbons (Fsp3) is 0.583. The number of hydrogen-bond acceptors (Lipinski definition) is 3. The first-order valence-corrected chi connectivity index (χ1v) is 6.18. The number of piperidine rings is 1. The molecule has 1 fully saturated rings. The van der Waals surface area contributed by atoms with Crippen LogP contribution in [0.4, 0.5) is 0 Å². The summed E-state index contributed by atoms with van der Waals surface area (Å²) >= 11 is 6.09. The molecule has 0 atom stereocenters. The molecule has 2 rings (SSSR count). The minimum absolute atomic E-state index is 0.712. The first kappa shape index (κ1) is 11.8. The van der Waals surface area contributed by atoms with E-state index in [2.05, 4.69) is 9.88 Å². The highest BCUT2D eigenvalue weighted by atomic mass is 35.5. The summed E-state index contributed by atoms with van der Waals surface area (Å²) in [5, 5.41) is 0.767. The Morgan fingerprint density at radius 1 is 1.44 bits per heavy atom. The second-order valence-electron chi connectivity index (χ2n) is 4.42. The lowest BCUT2D eigenvalue weighted by molar-refractivity contribution is 0.180. The predicted octanol–water partition coefficient (Wildman–Crippen LogP) is 1.91. The molecule has 1 aliphatic rings. The van der Waals surface area contributed by atoms with E-state index in [4.69, 9.17) is 17.3 Å². The molecule has 0 bridgehead atoms. The molecule has 2 heterocycles. The third-order valence-electron chi connectivity index (χ3n) is 3.29. The molecule has 88 valence electrons. The molecule has 0 radical (unpaired) electrons. The third-order valence-corrected chi connectivity index (χ3v) is 3.63. The molecule has 0 aromatic carbocycles. The van der Waals surface area contributed by atoms with E-state index in [1.807, 2.05) is 6.07 Å². The van der Waals surface area contributed by atoms with E-state index in [0.29, 0.717) is 5.92 Å². The predicted molar refractivity (Wildman–Crippen MR) is 66.3 cm³/mol. The molecule has 4 heteroatoms. The lowest BCUT2D eigenvalue weighted by atomic mass is 9.97. The van der Waals surface area contributed by atoms with Gasteiger partial charge in [-0.2, -0.15) is 0 Å². The van der Waals surface area contributed by atoms with Gasteiger partial charge in [-0.05, 0) is 50.0 Å². The molecule has 0 amide bonds. The van der Waals surface area contributed by atoms with Crippen molar-refractivity contribution in [3.05, 3.63) is 29.0 Å². The van der Waals surface area contributed by atoms with Crippen molar-refractivity contribution in [3.63, 3.8) is 0 Å². The van der Waals surface area contributed by atoms with Crippen molar-refractivity contribution in [3.8, 4) is 0 Å². The van der Waals surface area contributed by atoms with Gasteiger partial charge in [-0.25, -0.2) is 0 Å². The van der Waals surface area contributed by atoms with E-state index in [0.717, 1.165) is 31.2 Å². The van der Waals surface area contributed by atoms with Gasteiger partial charge >= 0.3 is 0 Å². The Hall–Kier alpha value is -0.640. The number of hydrogen-bond donors (Lipinski definition) is 1. The second kappa shape index (κ2) is 5.62. The fourth-order valence-corrected chi connectivity index (χ4v) is 2.33. The molecule has 0 aliphatic carbocycles. The van der Waals surface area contributed by atoms with Crippen molar-refractivity contribution in [2.24, 2.45) is 11.7 Å². The first-order chi connectivity index (χ1) is 7.79. The highest BCUT2D eigenvalue weighted by Crippen LogP contribution is 2.20. The summed E-state index contributed by atoms with van der Waals surface area (Å²) in [7, 11) is 0. The molecule has 0 spiro atoms. The van der Waals surface area contributed by atoms with Gasteiger partial charge in [0.1, 0.15) is 0 Å². The van der Waals surface area contributed by atoms with Crippen LogP contribution in [-0.2, 0) is 6.54 Å². The quantitative estimate of drug-likeness (QED) is 0.876. The van der Waals surface area contributed by atoms with Gasteiger partial charge in [0.05, 0.1) is 5.02 Å². The van der Waals surface area contributed by atoms with Crippen molar-refractivity contribution in [2.45, 2.75) is 19.4 Å². The molecule has 1 aromatic rings. The van der Waals surface area contributed by atoms with Crippen LogP contribution < -0.4 is 5.73 Å². The van der Waals surface area contributed by atoms with Gasteiger partial charge < -0.3 is 5.73 Å². The van der Waals surface area contributed by atoms with Crippen LogP contribution in [0.5, 0.6) is 0 Å². The van der Waals surface area contributed by atoms with Crippen LogP contribution in [0, 0.1) is 5.92 Å². The number of pyridine rings is 1. The first-order valence-electron chi connectivity index (χ1n) is 5.80. The lowest BCUT2D eigenvalue weighted by Gasteiger charge is -2.31. The molecule has 2 N–H and O–H groups in total. The Bertz CT molecular complexity index is 335. The Morgan fingerprint density at radius 3 is 2.81 bits per heavy atom. The van der Waals surface area contributed by atoms with Crippen molar-refractivity contribution >= 4 is 11.6 Å². The van der Waals surface area contributed by atoms with Crippen LogP contribution in [0.2, 0.25) is 5.02 Å². The van der Waals surface area contributed by atoms with E-state index >= 15 is 0 Å². The zero-order valence-electron chi connectivity index (χ0n) is 9.40. The van der Waals surface area contributed by atoms with E-state index in [1.165, 1.54) is 18.4 Å². The van der Waals surface area contributed by atoms with Crippen LogP contribution >= 0.6 is 11.6 Å². The van der Waals surface area contributed by atoms with Gasteiger partial charge in [-0.15, -0.1) is 0 Å². The Labute approximate surface area is 102 Å². The molecular weight excluding hydrogens is 222 g/mol. The SMILES string of the molecule is NCC1CCN(Cc2ccncc2Cl)CC1. The summed E-state index contributed by atoms with van der Waals surface area (Å²) < 4.78 is 0. The average Bonchev–Trinajstić information content (AvgIpc) is 2.33. The van der Waals surface area contributed by atoms with Crippen LogP contribution in [0.1, 0.15) is 18.4 Å². The van der Waals surface area contributed by atoms with Gasteiger partial charge in [-0.3, -0.25) is 9.88 Å². The zero-order chi connectivity index (χ0) is 11.4. The monoisotopic (exact) mass is 239 g/mol. The lowest BCUT2D eigenvalue weighted by Crippen LogP contribution is -2.35. The van der Waals surface area contributed by atoms with E-state index < -0.39 is 0 Å². The highest BCUT2D eigenvalue weighted by molar-refractivity contribution is 6.31. The van der Waals surface area contributed by atoms with Crippen molar-refractivity contribution in [1.82, 2.24) is 9.88 Å². The summed E-state index contributed by atoms with van der Waals surface area (Å²) in [4.78, 5) is 6.43. The summed E-state index contributed by atoms with van der Waals surface area (Å²) in [5.41, 5.74) is 6.85. The molecule has 1 aromatic heterocycles. The molecular formula is C12H18ClN3. The van der Waals surface area contributed by atoms with Gasteiger partial charge in [-0.1, -0.05) is 11.6 Å². The average molecular weight is 240 g/mol. The topological polar surface area (TPSA) is 42.1 Å². The number of nitrogens with zero attached hydrogens (tertiary/aromatic N) is 2. The van der Waals surface area contributed by atoms with Crippen molar-refractivity contribution in [1.29, 1.82) is 0 Å². The maximum absolute atomic E-state index is 6.09. The molecule has 1 aliphatic heterocycles. The largest absolute Gasteiger partial charge is 0.330 e. The summed E-state index contributed by atoms with van der Waals surface area (Å²) in [6, 6.07) is 2.00. The van der Waals surface area contributed by atoms with Crippen LogP contribution in [0.3, 0.4) is 0 Å². The minimum Gasteiger partial charge on any atom is -0.330 e. The Kier molecular flexibility index (Phi) is 4.16. The van der Waals surface area contributed by atoms with E-state index in [1.54, 1.807) is 12.4 Å². The molecule has 0 unspecified atom stereocenters. The molecule has 1 saturated heterocycles. The summed E-state index contributed by atoms with van der Waals surface area (Å²) in [5.74, 6) is 0.712. The normalized spacial score (nSPS) is 18.9. The molecule has 0 saturated carbocycles.